The van der Waals surface area contributed by atoms with E-state index in [0.717, 1.165) is 0 Å². The molecule has 0 spiro atoms. The van der Waals surface area contributed by atoms with Crippen LogP contribution in [0.4, 0.5) is 0 Å². The van der Waals surface area contributed by atoms with E-state index in [2.05, 4.69) is 5.32 Å². The lowest BCUT2D eigenvalue weighted by Crippen LogP contribution is -2.35. The maximum atomic E-state index is 11.4. The van der Waals surface area contributed by atoms with E-state index in [9.17, 15) is 13.5 Å². The average molecular weight is 326 g/mol. The lowest BCUT2D eigenvalue weighted by atomic mass is 10.3. The Bertz CT molecular complexity index is 337. The summed E-state index contributed by atoms with van der Waals surface area (Å²) < 4.78 is 34.5. The Kier molecular flexibility index (Phi) is 12.2. The number of aliphatic hydroxyl groups is 1. The molecule has 2 N–H and O–H groups in total. The summed E-state index contributed by atoms with van der Waals surface area (Å²) in [6, 6.07) is 0. The van der Waals surface area contributed by atoms with Crippen LogP contribution in [0.3, 0.4) is 0 Å². The van der Waals surface area contributed by atoms with E-state index in [1.165, 1.54) is 10.6 Å². The van der Waals surface area contributed by atoms with Crippen molar-refractivity contribution in [1.82, 2.24) is 9.62 Å². The molecule has 7 nitrogen and oxygen atoms in total. The third kappa shape index (κ3) is 12.0. The molecule has 0 saturated carbocycles. The van der Waals surface area contributed by atoms with Crippen molar-refractivity contribution in [3.05, 3.63) is 0 Å². The first-order valence-electron chi connectivity index (χ1n) is 7.41. The number of nitrogens with zero attached hydrogens (tertiary/aromatic N) is 1. The second kappa shape index (κ2) is 12.3. The summed E-state index contributed by atoms with van der Waals surface area (Å²) >= 11 is 0. The van der Waals surface area contributed by atoms with E-state index in [1.54, 1.807) is 0 Å². The van der Waals surface area contributed by atoms with E-state index in [1.807, 2.05) is 13.8 Å². The van der Waals surface area contributed by atoms with Gasteiger partial charge in [-0.25, -0.2) is 12.7 Å². The van der Waals surface area contributed by atoms with Gasteiger partial charge >= 0.3 is 0 Å². The Morgan fingerprint density at radius 2 is 1.90 bits per heavy atom. The fourth-order valence-electron chi connectivity index (χ4n) is 1.75. The molecular weight excluding hydrogens is 296 g/mol. The van der Waals surface area contributed by atoms with Gasteiger partial charge in [-0.05, 0) is 19.9 Å². The zero-order chi connectivity index (χ0) is 16.1. The molecule has 128 valence electrons. The summed E-state index contributed by atoms with van der Waals surface area (Å²) in [5.74, 6) is 0. The van der Waals surface area contributed by atoms with Crippen LogP contribution in [0.15, 0.2) is 0 Å². The van der Waals surface area contributed by atoms with E-state index in [4.69, 9.17) is 9.47 Å². The van der Waals surface area contributed by atoms with Gasteiger partial charge in [0.2, 0.25) is 10.0 Å². The molecule has 0 amide bonds. The third-order valence-corrected chi connectivity index (χ3v) is 4.23. The topological polar surface area (TPSA) is 88.1 Å². The molecule has 0 aliphatic carbocycles. The number of nitrogens with one attached hydrogen (secondary N) is 1. The number of sulfonamides is 1. The zero-order valence-electron chi connectivity index (χ0n) is 13.4. The Morgan fingerprint density at radius 3 is 2.48 bits per heavy atom. The van der Waals surface area contributed by atoms with Crippen LogP contribution < -0.4 is 5.32 Å². The van der Waals surface area contributed by atoms with Gasteiger partial charge in [0, 0.05) is 26.2 Å². The number of hydrogen-bond acceptors (Lipinski definition) is 6. The third-order valence-electron chi connectivity index (χ3n) is 2.85. The van der Waals surface area contributed by atoms with Crippen molar-refractivity contribution in [2.75, 3.05) is 58.9 Å². The van der Waals surface area contributed by atoms with Crippen LogP contribution in [-0.2, 0) is 19.5 Å². The summed E-state index contributed by atoms with van der Waals surface area (Å²) in [4.78, 5) is 0. The molecule has 0 rings (SSSR count). The van der Waals surface area contributed by atoms with Crippen LogP contribution in [0.2, 0.25) is 0 Å². The molecule has 21 heavy (non-hydrogen) atoms. The Hall–Kier alpha value is -0.250. The van der Waals surface area contributed by atoms with Crippen LogP contribution in [0.25, 0.3) is 0 Å². The van der Waals surface area contributed by atoms with Crippen LogP contribution >= 0.6 is 0 Å². The van der Waals surface area contributed by atoms with Gasteiger partial charge in [0.05, 0.1) is 32.2 Å². The lowest BCUT2D eigenvalue weighted by Gasteiger charge is -2.18. The molecule has 1 unspecified atom stereocenters. The summed E-state index contributed by atoms with van der Waals surface area (Å²) in [7, 11) is -3.11. The van der Waals surface area contributed by atoms with E-state index < -0.39 is 16.1 Å². The standard InChI is InChI=1S/C13H30N2O5S/c1-4-15(21(3,17)18)8-6-7-14-11-13(16)12-20-10-9-19-5-2/h13-14,16H,4-12H2,1-3H3. The van der Waals surface area contributed by atoms with Gasteiger partial charge < -0.3 is 19.9 Å². The molecule has 0 aliphatic rings. The number of hydrogen-bond donors (Lipinski definition) is 2. The average Bonchev–Trinajstić information content (AvgIpc) is 2.41. The Labute approximate surface area is 128 Å². The molecule has 0 aromatic heterocycles. The first-order chi connectivity index (χ1) is 9.91. The molecule has 0 radical (unpaired) electrons. The van der Waals surface area contributed by atoms with Crippen LogP contribution in [0.5, 0.6) is 0 Å². The predicted molar refractivity (Wildman–Crippen MR) is 82.9 cm³/mol. The molecule has 0 heterocycles. The smallest absolute Gasteiger partial charge is 0.211 e. The van der Waals surface area contributed by atoms with Crippen LogP contribution in [0, 0.1) is 0 Å². The minimum Gasteiger partial charge on any atom is -0.389 e. The highest BCUT2D eigenvalue weighted by Crippen LogP contribution is 1.98. The summed E-state index contributed by atoms with van der Waals surface area (Å²) in [5.41, 5.74) is 0. The van der Waals surface area contributed by atoms with Crippen molar-refractivity contribution < 1.29 is 23.0 Å². The molecule has 0 aromatic rings. The maximum absolute atomic E-state index is 11.4. The fraction of sp³-hybridized carbons (Fsp3) is 1.00. The van der Waals surface area contributed by atoms with Crippen molar-refractivity contribution >= 4 is 10.0 Å². The molecular formula is C13H30N2O5S. The first kappa shape index (κ1) is 20.8. The molecule has 0 aliphatic heterocycles. The van der Waals surface area contributed by atoms with Crippen LogP contribution in [0.1, 0.15) is 20.3 Å². The van der Waals surface area contributed by atoms with Gasteiger partial charge in [-0.3, -0.25) is 0 Å². The molecule has 0 saturated heterocycles. The molecule has 8 heteroatoms. The number of aliphatic hydroxyl groups excluding tert-OH is 1. The van der Waals surface area contributed by atoms with Crippen molar-refractivity contribution in [3.63, 3.8) is 0 Å². The quantitative estimate of drug-likeness (QED) is 0.425. The Morgan fingerprint density at radius 1 is 1.24 bits per heavy atom. The van der Waals surface area contributed by atoms with Gasteiger partial charge in [-0.1, -0.05) is 6.92 Å². The summed E-state index contributed by atoms with van der Waals surface area (Å²) in [5, 5.41) is 12.7. The van der Waals surface area contributed by atoms with Crippen molar-refractivity contribution in [3.8, 4) is 0 Å². The fourth-order valence-corrected chi connectivity index (χ4v) is 2.68. The largest absolute Gasteiger partial charge is 0.389 e. The van der Waals surface area contributed by atoms with Crippen molar-refractivity contribution in [2.45, 2.75) is 26.4 Å². The zero-order valence-corrected chi connectivity index (χ0v) is 14.2. The van der Waals surface area contributed by atoms with E-state index >= 15 is 0 Å². The minimum atomic E-state index is -3.11. The highest BCUT2D eigenvalue weighted by molar-refractivity contribution is 7.88. The van der Waals surface area contributed by atoms with Gasteiger partial charge in [0.25, 0.3) is 0 Å². The summed E-state index contributed by atoms with van der Waals surface area (Å²) in [6.45, 7) is 7.74. The highest BCUT2D eigenvalue weighted by Gasteiger charge is 2.13. The highest BCUT2D eigenvalue weighted by atomic mass is 32.2. The Balaban J connectivity index is 3.53. The van der Waals surface area contributed by atoms with Gasteiger partial charge in [-0.15, -0.1) is 0 Å². The minimum absolute atomic E-state index is 0.268. The molecule has 0 bridgehead atoms. The van der Waals surface area contributed by atoms with Crippen molar-refractivity contribution in [2.24, 2.45) is 0 Å². The lowest BCUT2D eigenvalue weighted by molar-refractivity contribution is 0.00654. The number of rotatable bonds is 14. The second-order valence-corrected chi connectivity index (χ2v) is 6.72. The maximum Gasteiger partial charge on any atom is 0.211 e. The van der Waals surface area contributed by atoms with E-state index in [-0.39, 0.29) is 6.61 Å². The predicted octanol–water partition coefficient (Wildman–Crippen LogP) is -0.338. The van der Waals surface area contributed by atoms with Gasteiger partial charge in [-0.2, -0.15) is 0 Å². The SMILES string of the molecule is CCOCCOCC(O)CNCCCN(CC)S(C)(=O)=O. The molecule has 0 fully saturated rings. The molecule has 1 atom stereocenters. The van der Waals surface area contributed by atoms with Crippen LogP contribution in [-0.4, -0.2) is 82.8 Å². The normalized spacial score (nSPS) is 13.8. The van der Waals surface area contributed by atoms with Gasteiger partial charge in [0.15, 0.2) is 0 Å². The molecule has 0 aromatic carbocycles. The first-order valence-corrected chi connectivity index (χ1v) is 9.26. The summed E-state index contributed by atoms with van der Waals surface area (Å²) in [6.07, 6.45) is 1.36. The monoisotopic (exact) mass is 326 g/mol. The number of ether oxygens (including phenoxy) is 2. The second-order valence-electron chi connectivity index (χ2n) is 4.74. The van der Waals surface area contributed by atoms with Gasteiger partial charge in [0.1, 0.15) is 0 Å². The van der Waals surface area contributed by atoms with Crippen molar-refractivity contribution in [1.29, 1.82) is 0 Å². The van der Waals surface area contributed by atoms with E-state index in [0.29, 0.717) is 52.4 Å².